The van der Waals surface area contributed by atoms with Gasteiger partial charge in [0.15, 0.2) is 0 Å². The maximum absolute atomic E-state index is 5.67. The molecule has 0 bridgehead atoms. The summed E-state index contributed by atoms with van der Waals surface area (Å²) in [5, 5.41) is 6.70. The normalized spacial score (nSPS) is 12.1. The molecule has 3 nitrogen and oxygen atoms in total. The van der Waals surface area contributed by atoms with E-state index in [1.165, 1.54) is 0 Å². The van der Waals surface area contributed by atoms with Crippen molar-refractivity contribution in [3.63, 3.8) is 0 Å². The van der Waals surface area contributed by atoms with Crippen molar-refractivity contribution in [2.45, 2.75) is 25.9 Å². The number of para-hydroxylation sites is 1. The molecule has 20 heavy (non-hydrogen) atoms. The molecule has 2 rings (SSSR count). The molecule has 0 fully saturated rings. The number of nitrogens with one attached hydrogen (secondary N) is 1. The summed E-state index contributed by atoms with van der Waals surface area (Å²) in [4.78, 5) is 4.38. The van der Waals surface area contributed by atoms with Gasteiger partial charge in [-0.25, -0.2) is 4.98 Å². The van der Waals surface area contributed by atoms with Gasteiger partial charge in [0.1, 0.15) is 17.4 Å². The summed E-state index contributed by atoms with van der Waals surface area (Å²) >= 11 is 1.69. The van der Waals surface area contributed by atoms with Gasteiger partial charge < -0.3 is 10.1 Å². The van der Waals surface area contributed by atoms with E-state index in [-0.39, 0.29) is 0 Å². The fourth-order valence-corrected chi connectivity index (χ4v) is 2.78. The molecule has 1 aromatic carbocycles. The van der Waals surface area contributed by atoms with E-state index < -0.39 is 0 Å². The molecule has 1 N–H and O–H groups in total. The van der Waals surface area contributed by atoms with Gasteiger partial charge >= 0.3 is 0 Å². The maximum Gasteiger partial charge on any atom is 0.124 e. The Balaban J connectivity index is 2.00. The van der Waals surface area contributed by atoms with Crippen molar-refractivity contribution < 1.29 is 4.74 Å². The van der Waals surface area contributed by atoms with E-state index in [0.717, 1.165) is 29.3 Å². The van der Waals surface area contributed by atoms with Crippen LogP contribution in [0.25, 0.3) is 0 Å². The van der Waals surface area contributed by atoms with Gasteiger partial charge in [-0.2, -0.15) is 0 Å². The molecular formula is C16H20N2OS. The average molecular weight is 288 g/mol. The highest BCUT2D eigenvalue weighted by atomic mass is 32.1. The standard InChI is InChI=1S/C16H20N2OS/c1-3-10-19-15-8-6-5-7-13(15)12-18-14(4-2)16-17-9-11-20-16/h3,5-9,11,14,18H,1,4,10,12H2,2H3. The molecule has 0 saturated carbocycles. The third-order valence-electron chi connectivity index (χ3n) is 3.03. The lowest BCUT2D eigenvalue weighted by molar-refractivity contribution is 0.356. The van der Waals surface area contributed by atoms with Gasteiger partial charge in [-0.05, 0) is 12.5 Å². The van der Waals surface area contributed by atoms with Crippen LogP contribution in [0.15, 0.2) is 48.5 Å². The Hall–Kier alpha value is -1.65. The van der Waals surface area contributed by atoms with Gasteiger partial charge in [0.05, 0.1) is 6.04 Å². The Morgan fingerprint density at radius 2 is 2.30 bits per heavy atom. The van der Waals surface area contributed by atoms with Crippen molar-refractivity contribution in [2.24, 2.45) is 0 Å². The first-order valence-corrected chi connectivity index (χ1v) is 7.67. The quantitative estimate of drug-likeness (QED) is 0.747. The van der Waals surface area contributed by atoms with Crippen LogP contribution in [0.4, 0.5) is 0 Å². The van der Waals surface area contributed by atoms with Crippen LogP contribution in [0.2, 0.25) is 0 Å². The first-order valence-electron chi connectivity index (χ1n) is 6.79. The number of hydrogen-bond donors (Lipinski definition) is 1. The lowest BCUT2D eigenvalue weighted by Crippen LogP contribution is -2.20. The van der Waals surface area contributed by atoms with Crippen molar-refractivity contribution in [1.82, 2.24) is 10.3 Å². The minimum absolute atomic E-state index is 0.294. The average Bonchev–Trinajstić information content (AvgIpc) is 3.01. The molecule has 1 atom stereocenters. The third-order valence-corrected chi connectivity index (χ3v) is 3.92. The summed E-state index contributed by atoms with van der Waals surface area (Å²) in [7, 11) is 0. The van der Waals surface area contributed by atoms with Crippen LogP contribution in [0.1, 0.15) is 30.0 Å². The van der Waals surface area contributed by atoms with Crippen LogP contribution >= 0.6 is 11.3 Å². The Labute approximate surface area is 124 Å². The fraction of sp³-hybridized carbons (Fsp3) is 0.312. The van der Waals surface area contributed by atoms with E-state index in [1.54, 1.807) is 17.4 Å². The minimum Gasteiger partial charge on any atom is -0.489 e. The number of thiazole rings is 1. The maximum atomic E-state index is 5.67. The predicted octanol–water partition coefficient (Wildman–Crippen LogP) is 3.95. The van der Waals surface area contributed by atoms with Crippen molar-refractivity contribution in [3.8, 4) is 5.75 Å². The molecule has 4 heteroatoms. The van der Waals surface area contributed by atoms with Gasteiger partial charge in [0.25, 0.3) is 0 Å². The highest BCUT2D eigenvalue weighted by Crippen LogP contribution is 2.22. The predicted molar refractivity (Wildman–Crippen MR) is 84.1 cm³/mol. The molecule has 0 amide bonds. The van der Waals surface area contributed by atoms with Gasteiger partial charge in [-0.3, -0.25) is 0 Å². The number of ether oxygens (including phenoxy) is 1. The molecule has 1 unspecified atom stereocenters. The SMILES string of the molecule is C=CCOc1ccccc1CNC(CC)c1nccs1. The second kappa shape index (κ2) is 7.82. The van der Waals surface area contributed by atoms with Gasteiger partial charge in [0.2, 0.25) is 0 Å². The zero-order valence-electron chi connectivity index (χ0n) is 11.7. The van der Waals surface area contributed by atoms with Crippen molar-refractivity contribution in [3.05, 3.63) is 59.1 Å². The van der Waals surface area contributed by atoms with Crippen LogP contribution in [0, 0.1) is 0 Å². The zero-order chi connectivity index (χ0) is 14.2. The molecule has 0 saturated heterocycles. The Morgan fingerprint density at radius 1 is 1.45 bits per heavy atom. The van der Waals surface area contributed by atoms with E-state index in [1.807, 2.05) is 29.8 Å². The summed E-state index contributed by atoms with van der Waals surface area (Å²) in [5.74, 6) is 0.911. The monoisotopic (exact) mass is 288 g/mol. The molecule has 0 aliphatic heterocycles. The van der Waals surface area contributed by atoms with Crippen molar-refractivity contribution >= 4 is 11.3 Å². The molecule has 1 heterocycles. The second-order valence-electron chi connectivity index (χ2n) is 4.42. The second-order valence-corrected chi connectivity index (χ2v) is 5.35. The van der Waals surface area contributed by atoms with E-state index in [2.05, 4.69) is 29.9 Å². The number of nitrogens with zero attached hydrogens (tertiary/aromatic N) is 1. The number of rotatable bonds is 8. The summed E-state index contributed by atoms with van der Waals surface area (Å²) < 4.78 is 5.67. The highest BCUT2D eigenvalue weighted by molar-refractivity contribution is 7.09. The summed E-state index contributed by atoms with van der Waals surface area (Å²) in [6.45, 7) is 7.14. The first-order chi connectivity index (χ1) is 9.85. The van der Waals surface area contributed by atoms with Gasteiger partial charge in [0, 0.05) is 23.7 Å². The van der Waals surface area contributed by atoms with Gasteiger partial charge in [-0.1, -0.05) is 37.8 Å². The molecule has 0 spiro atoms. The summed E-state index contributed by atoms with van der Waals surface area (Å²) in [6, 6.07) is 8.38. The highest BCUT2D eigenvalue weighted by Gasteiger charge is 2.12. The summed E-state index contributed by atoms with van der Waals surface area (Å²) in [6.07, 6.45) is 4.63. The van der Waals surface area contributed by atoms with Crippen LogP contribution < -0.4 is 10.1 Å². The Kier molecular flexibility index (Phi) is 5.77. The zero-order valence-corrected chi connectivity index (χ0v) is 12.5. The Morgan fingerprint density at radius 3 is 3.00 bits per heavy atom. The number of aromatic nitrogens is 1. The molecule has 0 aliphatic rings. The molecule has 1 aromatic heterocycles. The molecule has 0 radical (unpaired) electrons. The minimum atomic E-state index is 0.294. The number of benzene rings is 1. The van der Waals surface area contributed by atoms with Crippen molar-refractivity contribution in [1.29, 1.82) is 0 Å². The van der Waals surface area contributed by atoms with Crippen molar-refractivity contribution in [2.75, 3.05) is 6.61 Å². The lowest BCUT2D eigenvalue weighted by atomic mass is 10.1. The molecule has 2 aromatic rings. The number of hydrogen-bond acceptors (Lipinski definition) is 4. The third kappa shape index (κ3) is 3.92. The van der Waals surface area contributed by atoms with E-state index in [9.17, 15) is 0 Å². The van der Waals surface area contributed by atoms with E-state index in [4.69, 9.17) is 4.74 Å². The lowest BCUT2D eigenvalue weighted by Gasteiger charge is -2.16. The fourth-order valence-electron chi connectivity index (χ4n) is 1.99. The van der Waals surface area contributed by atoms with Crippen LogP contribution in [-0.2, 0) is 6.54 Å². The van der Waals surface area contributed by atoms with E-state index in [0.29, 0.717) is 12.6 Å². The Bertz CT molecular complexity index is 525. The largest absolute Gasteiger partial charge is 0.489 e. The van der Waals surface area contributed by atoms with E-state index >= 15 is 0 Å². The molecular weight excluding hydrogens is 268 g/mol. The topological polar surface area (TPSA) is 34.1 Å². The van der Waals surface area contributed by atoms with Gasteiger partial charge in [-0.15, -0.1) is 11.3 Å². The van der Waals surface area contributed by atoms with Crippen LogP contribution in [0.5, 0.6) is 5.75 Å². The van der Waals surface area contributed by atoms with Crippen LogP contribution in [0.3, 0.4) is 0 Å². The smallest absolute Gasteiger partial charge is 0.124 e. The molecule has 0 aliphatic carbocycles. The van der Waals surface area contributed by atoms with Crippen LogP contribution in [-0.4, -0.2) is 11.6 Å². The molecule has 106 valence electrons. The first kappa shape index (κ1) is 14.8. The summed E-state index contributed by atoms with van der Waals surface area (Å²) in [5.41, 5.74) is 1.16.